The van der Waals surface area contributed by atoms with Crippen molar-refractivity contribution < 1.29 is 55.4 Å². The number of ether oxygens (including phenoxy) is 2. The number of phenols is 7. The number of aromatic hydroxyl groups is 7. The molecule has 0 aromatic heterocycles. The summed E-state index contributed by atoms with van der Waals surface area (Å²) in [5.74, 6) is -3.36. The highest BCUT2D eigenvalue weighted by Crippen LogP contribution is 2.56. The number of benzene rings is 4. The second-order valence-electron chi connectivity index (χ2n) is 10.2. The number of aliphatic hydroxyl groups excluding tert-OH is 2. The van der Waals surface area contributed by atoms with Crippen LogP contribution in [0.3, 0.4) is 0 Å². The summed E-state index contributed by atoms with van der Waals surface area (Å²) in [4.78, 5) is 0. The van der Waals surface area contributed by atoms with Gasteiger partial charge in [0.05, 0.1) is 6.10 Å². The van der Waals surface area contributed by atoms with Crippen LogP contribution in [0.2, 0.25) is 0 Å². The van der Waals surface area contributed by atoms with E-state index in [4.69, 9.17) is 9.47 Å². The first-order valence-corrected chi connectivity index (χ1v) is 12.7. The fourth-order valence-electron chi connectivity index (χ4n) is 5.61. The second-order valence-corrected chi connectivity index (χ2v) is 10.2. The van der Waals surface area contributed by atoms with Crippen LogP contribution in [0.4, 0.5) is 0 Å². The molecule has 0 spiro atoms. The molecular weight excluding hydrogens is 536 g/mol. The monoisotopic (exact) mass is 562 g/mol. The average Bonchev–Trinajstić information content (AvgIpc) is 2.92. The van der Waals surface area contributed by atoms with Crippen LogP contribution in [-0.4, -0.2) is 58.2 Å². The van der Waals surface area contributed by atoms with Gasteiger partial charge >= 0.3 is 0 Å². The first-order chi connectivity index (χ1) is 19.5. The summed E-state index contributed by atoms with van der Waals surface area (Å²) in [6.45, 7) is 0. The number of aliphatic hydroxyl groups is 2. The predicted octanol–water partition coefficient (Wildman–Crippen LogP) is 3.29. The maximum atomic E-state index is 11.6. The van der Waals surface area contributed by atoms with Gasteiger partial charge in [0, 0.05) is 41.2 Å². The molecule has 6 rings (SSSR count). The molecule has 41 heavy (non-hydrogen) atoms. The third-order valence-electron chi connectivity index (χ3n) is 7.59. The smallest absolute Gasteiger partial charge is 0.157 e. The van der Waals surface area contributed by atoms with E-state index in [2.05, 4.69) is 0 Å². The fourth-order valence-corrected chi connectivity index (χ4v) is 5.61. The lowest BCUT2D eigenvalue weighted by molar-refractivity contribution is -0.00190. The number of hydrogen-bond donors (Lipinski definition) is 9. The third-order valence-corrected chi connectivity index (χ3v) is 7.59. The molecule has 212 valence electrons. The fraction of sp³-hybridized carbons (Fsp3) is 0.200. The molecule has 0 saturated heterocycles. The summed E-state index contributed by atoms with van der Waals surface area (Å²) in [6, 6.07) is 13.0. The zero-order chi connectivity index (χ0) is 29.2. The molecule has 0 saturated carbocycles. The van der Waals surface area contributed by atoms with Crippen molar-refractivity contribution in [2.24, 2.45) is 0 Å². The minimum atomic E-state index is -1.44. The SMILES string of the molecule is Oc1ccc([C@@H]2c3c(O)cc4c(c3O[C@H](c3ccc(O)c(O)c3)[C@H]2O)C[C@@H](O)[C@@H](c2ccc(O)c(O)c2)O4)c(O)c1. The van der Waals surface area contributed by atoms with Gasteiger partial charge in [0.15, 0.2) is 29.1 Å². The van der Waals surface area contributed by atoms with Gasteiger partial charge in [-0.05, 0) is 41.5 Å². The van der Waals surface area contributed by atoms with E-state index in [1.165, 1.54) is 54.6 Å². The predicted molar refractivity (Wildman–Crippen MR) is 142 cm³/mol. The van der Waals surface area contributed by atoms with Crippen LogP contribution >= 0.6 is 0 Å². The lowest BCUT2D eigenvalue weighted by Crippen LogP contribution is -2.37. The molecule has 2 aliphatic rings. The van der Waals surface area contributed by atoms with Gasteiger partial charge in [0.1, 0.15) is 41.0 Å². The first kappa shape index (κ1) is 26.2. The Morgan fingerprint density at radius 1 is 0.585 bits per heavy atom. The lowest BCUT2D eigenvalue weighted by Gasteiger charge is -2.41. The Hall–Kier alpha value is -5.00. The highest BCUT2D eigenvalue weighted by Gasteiger charge is 2.45. The van der Waals surface area contributed by atoms with Crippen LogP contribution in [0.25, 0.3) is 0 Å². The first-order valence-electron chi connectivity index (χ1n) is 12.7. The molecule has 2 aliphatic heterocycles. The summed E-state index contributed by atoms with van der Waals surface area (Å²) in [5, 5.41) is 94.1. The molecule has 2 heterocycles. The van der Waals surface area contributed by atoms with Crippen molar-refractivity contribution in [2.45, 2.75) is 36.8 Å². The van der Waals surface area contributed by atoms with E-state index >= 15 is 0 Å². The van der Waals surface area contributed by atoms with E-state index in [0.717, 1.165) is 6.07 Å². The van der Waals surface area contributed by atoms with Gasteiger partial charge in [0.25, 0.3) is 0 Å². The summed E-state index contributed by atoms with van der Waals surface area (Å²) in [7, 11) is 0. The zero-order valence-corrected chi connectivity index (χ0v) is 21.2. The Morgan fingerprint density at radius 3 is 1.83 bits per heavy atom. The van der Waals surface area contributed by atoms with Gasteiger partial charge in [-0.3, -0.25) is 0 Å². The maximum Gasteiger partial charge on any atom is 0.157 e. The Balaban J connectivity index is 1.51. The molecule has 0 unspecified atom stereocenters. The largest absolute Gasteiger partial charge is 0.508 e. The van der Waals surface area contributed by atoms with Gasteiger partial charge in [-0.2, -0.15) is 0 Å². The summed E-state index contributed by atoms with van der Waals surface area (Å²) in [5.41, 5.74) is 1.27. The quantitative estimate of drug-likeness (QED) is 0.166. The van der Waals surface area contributed by atoms with Crippen molar-refractivity contribution in [2.75, 3.05) is 0 Å². The molecule has 9 N–H and O–H groups in total. The molecule has 0 radical (unpaired) electrons. The molecule has 11 nitrogen and oxygen atoms in total. The van der Waals surface area contributed by atoms with Gasteiger partial charge in [-0.15, -0.1) is 0 Å². The standard InChI is InChI=1S/C30H26O11/c31-14-3-4-15(19(34)9-14)25-26-22(37)11-24-16(10-23(38)28(40-24)12-1-5-17(32)20(35)7-12)30(26)41-29(27(25)39)13-2-6-18(33)21(36)8-13/h1-9,11,23,25,27-29,31-39H,10H2/t23-,25-,27+,28-,29-/m1/s1. The molecule has 4 aromatic rings. The van der Waals surface area contributed by atoms with Crippen LogP contribution < -0.4 is 9.47 Å². The normalized spacial score (nSPS) is 23.1. The Kier molecular flexibility index (Phi) is 6.13. The van der Waals surface area contributed by atoms with E-state index in [1.807, 2.05) is 0 Å². The van der Waals surface area contributed by atoms with Crippen molar-refractivity contribution in [1.29, 1.82) is 0 Å². The molecule has 0 aliphatic carbocycles. The maximum absolute atomic E-state index is 11.6. The van der Waals surface area contributed by atoms with E-state index < -0.39 is 41.8 Å². The van der Waals surface area contributed by atoms with E-state index in [0.29, 0.717) is 11.1 Å². The highest BCUT2D eigenvalue weighted by atomic mass is 16.5. The Bertz CT molecular complexity index is 1670. The topological polar surface area (TPSA) is 201 Å². The molecule has 0 amide bonds. The minimum Gasteiger partial charge on any atom is -0.508 e. The van der Waals surface area contributed by atoms with Crippen molar-refractivity contribution in [3.8, 4) is 51.7 Å². The van der Waals surface area contributed by atoms with Crippen molar-refractivity contribution in [1.82, 2.24) is 0 Å². The van der Waals surface area contributed by atoms with Crippen molar-refractivity contribution in [3.63, 3.8) is 0 Å². The molecule has 0 fully saturated rings. The summed E-state index contributed by atoms with van der Waals surface area (Å²) >= 11 is 0. The summed E-state index contributed by atoms with van der Waals surface area (Å²) in [6.07, 6.45) is -4.79. The molecule has 0 bridgehead atoms. The molecule has 4 aromatic carbocycles. The van der Waals surface area contributed by atoms with E-state index in [1.54, 1.807) is 0 Å². The van der Waals surface area contributed by atoms with Crippen molar-refractivity contribution >= 4 is 0 Å². The number of phenolic OH excluding ortho intramolecular Hbond substituents is 7. The Labute approximate surface area is 232 Å². The number of hydrogen-bond acceptors (Lipinski definition) is 11. The number of fused-ring (bicyclic) bond motifs is 3. The molecule has 5 atom stereocenters. The Morgan fingerprint density at radius 2 is 1.22 bits per heavy atom. The van der Waals surface area contributed by atoms with Crippen LogP contribution in [0.5, 0.6) is 51.7 Å². The van der Waals surface area contributed by atoms with Crippen LogP contribution in [0.1, 0.15) is 45.9 Å². The number of rotatable bonds is 3. The van der Waals surface area contributed by atoms with Crippen LogP contribution in [0, 0.1) is 0 Å². The van der Waals surface area contributed by atoms with E-state index in [9.17, 15) is 46.0 Å². The summed E-state index contributed by atoms with van der Waals surface area (Å²) < 4.78 is 12.3. The average molecular weight is 563 g/mol. The van der Waals surface area contributed by atoms with Gasteiger partial charge < -0.3 is 55.4 Å². The van der Waals surface area contributed by atoms with Crippen LogP contribution in [0.15, 0.2) is 60.7 Å². The van der Waals surface area contributed by atoms with Gasteiger partial charge in [0.2, 0.25) is 0 Å². The highest BCUT2D eigenvalue weighted by molar-refractivity contribution is 5.64. The second kappa shape index (κ2) is 9.58. The third kappa shape index (κ3) is 4.31. The van der Waals surface area contributed by atoms with Crippen molar-refractivity contribution in [3.05, 3.63) is 88.5 Å². The van der Waals surface area contributed by atoms with Gasteiger partial charge in [-0.1, -0.05) is 18.2 Å². The van der Waals surface area contributed by atoms with E-state index in [-0.39, 0.29) is 63.4 Å². The van der Waals surface area contributed by atoms with Gasteiger partial charge in [-0.25, -0.2) is 0 Å². The zero-order valence-electron chi connectivity index (χ0n) is 21.2. The minimum absolute atomic E-state index is 0.0395. The molecular formula is C30H26O11. The molecule has 11 heteroatoms. The lowest BCUT2D eigenvalue weighted by atomic mass is 9.77. The van der Waals surface area contributed by atoms with Crippen LogP contribution in [-0.2, 0) is 6.42 Å².